The second-order valence-electron chi connectivity index (χ2n) is 4.54. The highest BCUT2D eigenvalue weighted by molar-refractivity contribution is 5.49. The molecule has 0 heterocycles. The number of hydrogen-bond acceptors (Lipinski definition) is 3. The molecule has 0 saturated carbocycles. The predicted molar refractivity (Wildman–Crippen MR) is 59.4 cm³/mol. The molecule has 3 heteroatoms. The molecule has 0 fully saturated rings. The van der Waals surface area contributed by atoms with Crippen molar-refractivity contribution >= 4 is 0 Å². The molecule has 0 radical (unpaired) electrons. The van der Waals surface area contributed by atoms with Gasteiger partial charge in [-0.05, 0) is 56.1 Å². The number of aromatic hydroxyl groups is 2. The summed E-state index contributed by atoms with van der Waals surface area (Å²) < 4.78 is 0. The fourth-order valence-electron chi connectivity index (χ4n) is 2.35. The summed E-state index contributed by atoms with van der Waals surface area (Å²) in [6.45, 7) is 0.997. The van der Waals surface area contributed by atoms with E-state index in [2.05, 4.69) is 19.0 Å². The second-order valence-corrected chi connectivity index (χ2v) is 4.54. The number of rotatable bonds is 2. The zero-order valence-electron chi connectivity index (χ0n) is 9.20. The molecule has 1 aromatic rings. The lowest BCUT2D eigenvalue weighted by molar-refractivity contribution is 0.370. The van der Waals surface area contributed by atoms with Crippen molar-refractivity contribution in [2.24, 2.45) is 0 Å². The van der Waals surface area contributed by atoms with Gasteiger partial charge < -0.3 is 15.1 Å². The van der Waals surface area contributed by atoms with E-state index in [0.29, 0.717) is 5.92 Å². The summed E-state index contributed by atoms with van der Waals surface area (Å²) in [5, 5.41) is 18.9. The molecule has 1 aliphatic rings. The first-order chi connectivity index (χ1) is 7.08. The Balaban J connectivity index is 2.30. The number of benzene rings is 1. The van der Waals surface area contributed by atoms with Gasteiger partial charge in [0.25, 0.3) is 0 Å². The first-order valence-electron chi connectivity index (χ1n) is 5.27. The minimum Gasteiger partial charge on any atom is -0.504 e. The molecule has 1 unspecified atom stereocenters. The Labute approximate surface area is 90.0 Å². The molecule has 3 nitrogen and oxygen atoms in total. The molecule has 1 aromatic carbocycles. The van der Waals surface area contributed by atoms with Crippen LogP contribution in [0.1, 0.15) is 23.5 Å². The zero-order chi connectivity index (χ0) is 11.0. The molecule has 2 N–H and O–H groups in total. The molecular formula is C12H17NO2. The lowest BCUT2D eigenvalue weighted by Gasteiger charge is -2.17. The molecule has 1 atom stereocenters. The Morgan fingerprint density at radius 3 is 2.60 bits per heavy atom. The van der Waals surface area contributed by atoms with Crippen molar-refractivity contribution in [1.82, 2.24) is 4.90 Å². The summed E-state index contributed by atoms with van der Waals surface area (Å²) in [7, 11) is 4.11. The summed E-state index contributed by atoms with van der Waals surface area (Å²) in [6, 6.07) is 3.41. The number of likely N-dealkylation sites (N-methyl/N-ethyl adjacent to an activating group) is 1. The molecule has 15 heavy (non-hydrogen) atoms. The van der Waals surface area contributed by atoms with Gasteiger partial charge in [0.05, 0.1) is 0 Å². The summed E-state index contributed by atoms with van der Waals surface area (Å²) in [4.78, 5) is 2.16. The van der Waals surface area contributed by atoms with Gasteiger partial charge in [-0.25, -0.2) is 0 Å². The molecule has 0 aromatic heterocycles. The average molecular weight is 207 g/mol. The summed E-state index contributed by atoms with van der Waals surface area (Å²) >= 11 is 0. The number of aryl methyl sites for hydroxylation is 1. The molecule has 0 amide bonds. The maximum absolute atomic E-state index is 9.47. The van der Waals surface area contributed by atoms with E-state index in [1.165, 1.54) is 11.1 Å². The molecule has 0 aliphatic heterocycles. The number of fused-ring (bicyclic) bond motifs is 1. The van der Waals surface area contributed by atoms with Crippen molar-refractivity contribution in [3.63, 3.8) is 0 Å². The predicted octanol–water partition coefficient (Wildman–Crippen LogP) is 1.69. The van der Waals surface area contributed by atoms with E-state index in [1.807, 2.05) is 0 Å². The van der Waals surface area contributed by atoms with Crippen LogP contribution in [-0.2, 0) is 6.42 Å². The van der Waals surface area contributed by atoms with Gasteiger partial charge >= 0.3 is 0 Å². The number of phenolic OH excluding ortho intramolecular Hbond substituents is 2. The smallest absolute Gasteiger partial charge is 0.157 e. The van der Waals surface area contributed by atoms with Crippen LogP contribution in [0.4, 0.5) is 0 Å². The Kier molecular flexibility index (Phi) is 2.57. The van der Waals surface area contributed by atoms with Crippen LogP contribution in [0.2, 0.25) is 0 Å². The number of nitrogens with zero attached hydrogens (tertiary/aromatic N) is 1. The van der Waals surface area contributed by atoms with Crippen molar-refractivity contribution in [3.8, 4) is 11.5 Å². The standard InChI is InChI=1S/C12H17NO2/c1-13(2)7-9-4-3-8-5-11(14)12(15)6-10(8)9/h5-6,9,14-15H,3-4,7H2,1-2H3. The second kappa shape index (κ2) is 3.74. The zero-order valence-corrected chi connectivity index (χ0v) is 9.20. The van der Waals surface area contributed by atoms with Gasteiger partial charge in [0, 0.05) is 6.54 Å². The van der Waals surface area contributed by atoms with Crippen molar-refractivity contribution in [2.75, 3.05) is 20.6 Å². The van der Waals surface area contributed by atoms with Crippen LogP contribution < -0.4 is 0 Å². The molecular weight excluding hydrogens is 190 g/mol. The van der Waals surface area contributed by atoms with Crippen molar-refractivity contribution in [1.29, 1.82) is 0 Å². The third kappa shape index (κ3) is 1.92. The maximum Gasteiger partial charge on any atom is 0.157 e. The summed E-state index contributed by atoms with van der Waals surface area (Å²) in [5.74, 6) is 0.486. The quantitative estimate of drug-likeness (QED) is 0.725. The fourth-order valence-corrected chi connectivity index (χ4v) is 2.35. The van der Waals surface area contributed by atoms with Gasteiger partial charge in [0.2, 0.25) is 0 Å². The van der Waals surface area contributed by atoms with Crippen LogP contribution in [0.5, 0.6) is 11.5 Å². The molecule has 2 rings (SSSR count). The number of phenols is 2. The van der Waals surface area contributed by atoms with Gasteiger partial charge in [-0.3, -0.25) is 0 Å². The van der Waals surface area contributed by atoms with Crippen LogP contribution in [0.15, 0.2) is 12.1 Å². The monoisotopic (exact) mass is 207 g/mol. The van der Waals surface area contributed by atoms with E-state index in [4.69, 9.17) is 0 Å². The topological polar surface area (TPSA) is 43.7 Å². The Bertz CT molecular complexity index is 374. The highest BCUT2D eigenvalue weighted by atomic mass is 16.3. The lowest BCUT2D eigenvalue weighted by atomic mass is 10.0. The molecule has 0 saturated heterocycles. The molecule has 0 bridgehead atoms. The summed E-state index contributed by atoms with van der Waals surface area (Å²) in [6.07, 6.45) is 2.11. The highest BCUT2D eigenvalue weighted by Crippen LogP contribution is 2.39. The minimum absolute atomic E-state index is 0.000550. The SMILES string of the molecule is CN(C)CC1CCc2cc(O)c(O)cc21. The Morgan fingerprint density at radius 2 is 1.93 bits per heavy atom. The van der Waals surface area contributed by atoms with E-state index in [1.54, 1.807) is 12.1 Å². The van der Waals surface area contributed by atoms with Crippen LogP contribution in [-0.4, -0.2) is 35.8 Å². The fraction of sp³-hybridized carbons (Fsp3) is 0.500. The average Bonchev–Trinajstić information content (AvgIpc) is 2.49. The largest absolute Gasteiger partial charge is 0.504 e. The minimum atomic E-state index is -0.000692. The van der Waals surface area contributed by atoms with E-state index in [0.717, 1.165) is 19.4 Å². The van der Waals surface area contributed by atoms with Crippen molar-refractivity contribution in [2.45, 2.75) is 18.8 Å². The van der Waals surface area contributed by atoms with Crippen LogP contribution in [0.3, 0.4) is 0 Å². The first kappa shape index (κ1) is 10.3. The van der Waals surface area contributed by atoms with E-state index in [9.17, 15) is 10.2 Å². The van der Waals surface area contributed by atoms with Crippen molar-refractivity contribution < 1.29 is 10.2 Å². The third-order valence-corrected chi connectivity index (χ3v) is 3.02. The van der Waals surface area contributed by atoms with Gasteiger partial charge in [0.1, 0.15) is 0 Å². The third-order valence-electron chi connectivity index (χ3n) is 3.02. The van der Waals surface area contributed by atoms with Gasteiger partial charge in [0.15, 0.2) is 11.5 Å². The van der Waals surface area contributed by atoms with Gasteiger partial charge in [-0.2, -0.15) is 0 Å². The number of hydrogen-bond donors (Lipinski definition) is 2. The molecule has 1 aliphatic carbocycles. The normalized spacial score (nSPS) is 19.5. The Hall–Kier alpha value is -1.22. The van der Waals surface area contributed by atoms with Gasteiger partial charge in [-0.1, -0.05) is 0 Å². The van der Waals surface area contributed by atoms with Crippen LogP contribution in [0, 0.1) is 0 Å². The first-order valence-corrected chi connectivity index (χ1v) is 5.27. The maximum atomic E-state index is 9.47. The highest BCUT2D eigenvalue weighted by Gasteiger charge is 2.24. The van der Waals surface area contributed by atoms with E-state index >= 15 is 0 Å². The van der Waals surface area contributed by atoms with Crippen molar-refractivity contribution in [3.05, 3.63) is 23.3 Å². The van der Waals surface area contributed by atoms with E-state index in [-0.39, 0.29) is 11.5 Å². The lowest BCUT2D eigenvalue weighted by Crippen LogP contribution is -2.18. The molecule has 82 valence electrons. The van der Waals surface area contributed by atoms with Crippen LogP contribution >= 0.6 is 0 Å². The summed E-state index contributed by atoms with van der Waals surface area (Å²) in [5.41, 5.74) is 2.37. The Morgan fingerprint density at radius 1 is 1.27 bits per heavy atom. The molecule has 0 spiro atoms. The van der Waals surface area contributed by atoms with Gasteiger partial charge in [-0.15, -0.1) is 0 Å². The van der Waals surface area contributed by atoms with E-state index < -0.39 is 0 Å². The van der Waals surface area contributed by atoms with Crippen LogP contribution in [0.25, 0.3) is 0 Å².